The minimum atomic E-state index is 0. The van der Waals surface area contributed by atoms with Crippen molar-refractivity contribution in [3.8, 4) is 11.5 Å². The van der Waals surface area contributed by atoms with Gasteiger partial charge in [0.05, 0.1) is 0 Å². The lowest BCUT2D eigenvalue weighted by molar-refractivity contribution is 0.220. The minimum Gasteiger partial charge on any atom is -0.504 e. The summed E-state index contributed by atoms with van der Waals surface area (Å²) < 4.78 is 0. The van der Waals surface area contributed by atoms with E-state index in [-0.39, 0.29) is 23.9 Å². The Morgan fingerprint density at radius 3 is 1.77 bits per heavy atom. The van der Waals surface area contributed by atoms with Crippen molar-refractivity contribution in [2.45, 2.75) is 123 Å². The number of hydrogen-bond donors (Lipinski definition) is 2. The predicted octanol–water partition coefficient (Wildman–Crippen LogP) is 8.14. The molecule has 3 nitrogen and oxygen atoms in total. The van der Waals surface area contributed by atoms with Gasteiger partial charge in [-0.25, -0.2) is 0 Å². The van der Waals surface area contributed by atoms with Crippen LogP contribution in [-0.4, -0.2) is 28.2 Å². The average molecular weight is 454 g/mol. The Morgan fingerprint density at radius 1 is 0.710 bits per heavy atom. The van der Waals surface area contributed by atoms with Crippen molar-refractivity contribution in [1.82, 2.24) is 4.90 Å². The zero-order valence-electron chi connectivity index (χ0n) is 20.0. The standard InChI is InChI=1S/C27H47NO2.ClH/c1-2-3-4-5-6-7-8-9-10-11-12-13-15-18-25-24(19-20-26(29)27(25)30)23-28-21-16-14-17-22-28;/h19-20,29-30H,2-18,21-23H2,1H3;1H. The molecule has 0 radical (unpaired) electrons. The second-order valence-corrected chi connectivity index (χ2v) is 9.40. The van der Waals surface area contributed by atoms with Crippen LogP contribution >= 0.6 is 12.4 Å². The number of likely N-dealkylation sites (tertiary alicyclic amines) is 1. The summed E-state index contributed by atoms with van der Waals surface area (Å²) in [4.78, 5) is 2.49. The van der Waals surface area contributed by atoms with Gasteiger partial charge in [-0.15, -0.1) is 12.4 Å². The molecule has 1 aliphatic rings. The first-order valence-electron chi connectivity index (χ1n) is 13.0. The third kappa shape index (κ3) is 11.5. The average Bonchev–Trinajstić information content (AvgIpc) is 2.76. The van der Waals surface area contributed by atoms with Gasteiger partial charge in [0.25, 0.3) is 0 Å². The highest BCUT2D eigenvalue weighted by Crippen LogP contribution is 2.33. The van der Waals surface area contributed by atoms with Crippen LogP contribution in [0.1, 0.15) is 121 Å². The number of phenolic OH excluding ortho intramolecular Hbond substituents is 2. The molecule has 2 rings (SSSR count). The number of rotatable bonds is 16. The Morgan fingerprint density at radius 2 is 1.23 bits per heavy atom. The van der Waals surface area contributed by atoms with Crippen molar-refractivity contribution in [3.05, 3.63) is 23.3 Å². The molecule has 180 valence electrons. The first kappa shape index (κ1) is 28.1. The lowest BCUT2D eigenvalue weighted by Crippen LogP contribution is -2.29. The number of halogens is 1. The number of piperidine rings is 1. The van der Waals surface area contributed by atoms with E-state index in [9.17, 15) is 10.2 Å². The maximum Gasteiger partial charge on any atom is 0.160 e. The van der Waals surface area contributed by atoms with E-state index >= 15 is 0 Å². The fraction of sp³-hybridized carbons (Fsp3) is 0.778. The van der Waals surface area contributed by atoms with Gasteiger partial charge in [0.1, 0.15) is 0 Å². The number of aromatic hydroxyl groups is 2. The molecule has 1 saturated heterocycles. The monoisotopic (exact) mass is 453 g/mol. The molecule has 0 bridgehead atoms. The fourth-order valence-electron chi connectivity index (χ4n) is 4.77. The van der Waals surface area contributed by atoms with Crippen molar-refractivity contribution >= 4 is 12.4 Å². The third-order valence-electron chi connectivity index (χ3n) is 6.73. The van der Waals surface area contributed by atoms with Crippen LogP contribution in [0.4, 0.5) is 0 Å². The molecule has 1 heterocycles. The number of hydrogen-bond acceptors (Lipinski definition) is 3. The number of unbranched alkanes of at least 4 members (excludes halogenated alkanes) is 12. The van der Waals surface area contributed by atoms with Gasteiger partial charge in [-0.2, -0.15) is 0 Å². The Kier molecular flexibility index (Phi) is 16.0. The van der Waals surface area contributed by atoms with Crippen LogP contribution in [-0.2, 0) is 13.0 Å². The van der Waals surface area contributed by atoms with Crippen molar-refractivity contribution in [2.75, 3.05) is 13.1 Å². The van der Waals surface area contributed by atoms with Crippen LogP contribution in [0.2, 0.25) is 0 Å². The number of phenols is 2. The zero-order valence-corrected chi connectivity index (χ0v) is 20.9. The summed E-state index contributed by atoms with van der Waals surface area (Å²) in [6.45, 7) is 5.49. The van der Waals surface area contributed by atoms with Crippen molar-refractivity contribution in [2.24, 2.45) is 0 Å². The van der Waals surface area contributed by atoms with Gasteiger partial charge in [-0.1, -0.05) is 96.5 Å². The molecule has 2 N–H and O–H groups in total. The molecule has 0 spiro atoms. The van der Waals surface area contributed by atoms with Gasteiger partial charge in [0, 0.05) is 12.1 Å². The van der Waals surface area contributed by atoms with E-state index in [0.29, 0.717) is 0 Å². The molecule has 4 heteroatoms. The number of benzene rings is 1. The smallest absolute Gasteiger partial charge is 0.160 e. The summed E-state index contributed by atoms with van der Waals surface area (Å²) in [6.07, 6.45) is 22.3. The summed E-state index contributed by atoms with van der Waals surface area (Å²) >= 11 is 0. The van der Waals surface area contributed by atoms with Crippen molar-refractivity contribution < 1.29 is 10.2 Å². The molecule has 31 heavy (non-hydrogen) atoms. The Bertz CT molecular complexity index is 573. The summed E-state index contributed by atoms with van der Waals surface area (Å²) in [6, 6.07) is 3.67. The first-order valence-corrected chi connectivity index (χ1v) is 13.0. The predicted molar refractivity (Wildman–Crippen MR) is 136 cm³/mol. The molecule has 0 unspecified atom stereocenters. The molecular weight excluding hydrogens is 406 g/mol. The van der Waals surface area contributed by atoms with E-state index in [1.54, 1.807) is 6.07 Å². The first-order chi connectivity index (χ1) is 14.7. The molecule has 1 aromatic rings. The Hall–Kier alpha value is -0.930. The third-order valence-corrected chi connectivity index (χ3v) is 6.73. The van der Waals surface area contributed by atoms with E-state index in [2.05, 4.69) is 11.8 Å². The van der Waals surface area contributed by atoms with Gasteiger partial charge >= 0.3 is 0 Å². The van der Waals surface area contributed by atoms with Crippen molar-refractivity contribution in [3.63, 3.8) is 0 Å². The van der Waals surface area contributed by atoms with Crippen molar-refractivity contribution in [1.29, 1.82) is 0 Å². The molecule has 0 aromatic heterocycles. The maximum atomic E-state index is 10.4. The van der Waals surface area contributed by atoms with Crippen LogP contribution in [0.25, 0.3) is 0 Å². The summed E-state index contributed by atoms with van der Waals surface area (Å²) in [7, 11) is 0. The van der Waals surface area contributed by atoms with Gasteiger partial charge in [-0.3, -0.25) is 4.90 Å². The Labute approximate surface area is 198 Å². The van der Waals surface area contributed by atoms with E-state index in [0.717, 1.165) is 38.0 Å². The van der Waals surface area contributed by atoms with Crippen LogP contribution in [0.15, 0.2) is 12.1 Å². The van der Waals surface area contributed by atoms with E-state index in [1.165, 1.54) is 102 Å². The van der Waals surface area contributed by atoms with Gasteiger partial charge in [-0.05, 0) is 50.4 Å². The lowest BCUT2D eigenvalue weighted by Gasteiger charge is -2.27. The highest BCUT2D eigenvalue weighted by atomic mass is 35.5. The summed E-state index contributed by atoms with van der Waals surface area (Å²) in [5.41, 5.74) is 2.18. The fourth-order valence-corrected chi connectivity index (χ4v) is 4.77. The van der Waals surface area contributed by atoms with E-state index < -0.39 is 0 Å². The topological polar surface area (TPSA) is 43.7 Å². The highest BCUT2D eigenvalue weighted by molar-refractivity contribution is 5.85. The lowest BCUT2D eigenvalue weighted by atomic mass is 9.97. The molecule has 0 saturated carbocycles. The normalized spacial score (nSPS) is 14.5. The molecule has 1 aromatic carbocycles. The van der Waals surface area contributed by atoms with Crippen LogP contribution < -0.4 is 0 Å². The van der Waals surface area contributed by atoms with Crippen LogP contribution in [0.3, 0.4) is 0 Å². The molecule has 0 amide bonds. The molecule has 1 aliphatic heterocycles. The largest absolute Gasteiger partial charge is 0.504 e. The molecular formula is C27H48ClNO2. The molecule has 0 aliphatic carbocycles. The summed E-state index contributed by atoms with van der Waals surface area (Å²) in [5, 5.41) is 20.4. The van der Waals surface area contributed by atoms with Gasteiger partial charge < -0.3 is 10.2 Å². The zero-order chi connectivity index (χ0) is 21.4. The van der Waals surface area contributed by atoms with Gasteiger partial charge in [0.2, 0.25) is 0 Å². The maximum absolute atomic E-state index is 10.4. The highest BCUT2D eigenvalue weighted by Gasteiger charge is 2.16. The summed E-state index contributed by atoms with van der Waals surface area (Å²) in [5.74, 6) is 0.144. The quantitative estimate of drug-likeness (QED) is 0.196. The Balaban J connectivity index is 0.00000480. The second-order valence-electron chi connectivity index (χ2n) is 9.40. The number of nitrogens with zero attached hydrogens (tertiary/aromatic N) is 1. The second kappa shape index (κ2) is 17.6. The SMILES string of the molecule is CCCCCCCCCCCCCCCc1c(CN2CCCCC2)ccc(O)c1O.Cl. The molecule has 0 atom stereocenters. The van der Waals surface area contributed by atoms with E-state index in [1.807, 2.05) is 6.07 Å². The van der Waals surface area contributed by atoms with Crippen LogP contribution in [0.5, 0.6) is 11.5 Å². The van der Waals surface area contributed by atoms with E-state index in [4.69, 9.17) is 0 Å². The minimum absolute atomic E-state index is 0. The van der Waals surface area contributed by atoms with Crippen LogP contribution in [0, 0.1) is 0 Å². The van der Waals surface area contributed by atoms with Gasteiger partial charge in [0.15, 0.2) is 11.5 Å². The molecule has 1 fully saturated rings.